The van der Waals surface area contributed by atoms with E-state index >= 15 is 0 Å². The Labute approximate surface area is 127 Å². The smallest absolute Gasteiger partial charge is 0.299 e. The quantitative estimate of drug-likeness (QED) is 0.453. The Balaban J connectivity index is 0.000000324. The van der Waals surface area contributed by atoms with Crippen LogP contribution in [0.15, 0.2) is 24.3 Å². The molecule has 0 aliphatic heterocycles. The van der Waals surface area contributed by atoms with Crippen LogP contribution in [0.4, 0.5) is 0 Å². The SMILES string of the molecule is O=C/C=C/[C]1[CH][CH][CH][CH]1.O=C/C=C/[C]1[CH][CH][CH][CH]1.[Fe+2]. The van der Waals surface area contributed by atoms with Crippen LogP contribution in [0.3, 0.4) is 0 Å². The second kappa shape index (κ2) is 12.4. The second-order valence-corrected chi connectivity index (χ2v) is 3.43. The molecule has 0 saturated heterocycles. The van der Waals surface area contributed by atoms with E-state index in [2.05, 4.69) is 0 Å². The molecule has 2 fully saturated rings. The Kier molecular flexibility index (Phi) is 11.9. The molecule has 0 spiro atoms. The van der Waals surface area contributed by atoms with E-state index in [4.69, 9.17) is 0 Å². The minimum Gasteiger partial charge on any atom is -0.299 e. The molecule has 0 amide bonds. The number of aldehydes is 2. The van der Waals surface area contributed by atoms with Crippen LogP contribution in [0.5, 0.6) is 0 Å². The van der Waals surface area contributed by atoms with Crippen LogP contribution in [0.25, 0.3) is 0 Å². The first kappa shape index (κ1) is 18.3. The third-order valence-corrected chi connectivity index (χ3v) is 2.11. The van der Waals surface area contributed by atoms with Crippen LogP contribution in [0.1, 0.15) is 0 Å². The number of rotatable bonds is 4. The standard InChI is InChI=1S/2C8H7O.Fe/c2*9-7-3-6-8-4-1-2-5-8;/h2*1-7H;/q;;+2/b2*6-3+;. The molecule has 0 aromatic heterocycles. The molecular weight excluding hydrogens is 280 g/mol. The summed E-state index contributed by atoms with van der Waals surface area (Å²) in [4.78, 5) is 19.6. The summed E-state index contributed by atoms with van der Waals surface area (Å²) in [7, 11) is 0. The maximum Gasteiger partial charge on any atom is 2.00 e. The molecule has 2 saturated carbocycles. The van der Waals surface area contributed by atoms with Crippen molar-refractivity contribution in [1.82, 2.24) is 0 Å². The third-order valence-electron chi connectivity index (χ3n) is 2.11. The van der Waals surface area contributed by atoms with Crippen molar-refractivity contribution < 1.29 is 26.7 Å². The fourth-order valence-corrected chi connectivity index (χ4v) is 1.30. The molecule has 19 heavy (non-hydrogen) atoms. The monoisotopic (exact) mass is 294 g/mol. The molecule has 0 N–H and O–H groups in total. The van der Waals surface area contributed by atoms with E-state index in [0.717, 1.165) is 24.4 Å². The van der Waals surface area contributed by atoms with Crippen molar-refractivity contribution in [3.05, 3.63) is 87.5 Å². The van der Waals surface area contributed by atoms with E-state index in [1.807, 2.05) is 51.4 Å². The molecule has 0 heterocycles. The van der Waals surface area contributed by atoms with Gasteiger partial charge >= 0.3 is 17.1 Å². The van der Waals surface area contributed by atoms with Crippen molar-refractivity contribution in [3.8, 4) is 0 Å². The van der Waals surface area contributed by atoms with E-state index in [1.165, 1.54) is 12.2 Å². The van der Waals surface area contributed by atoms with E-state index in [9.17, 15) is 9.59 Å². The molecule has 10 radical (unpaired) electrons. The van der Waals surface area contributed by atoms with Gasteiger partial charge in [0.2, 0.25) is 0 Å². The van der Waals surface area contributed by atoms with Gasteiger partial charge in [-0.05, 0) is 63.5 Å². The summed E-state index contributed by atoms with van der Waals surface area (Å²) in [5.41, 5.74) is 0. The van der Waals surface area contributed by atoms with Crippen molar-refractivity contribution in [2.45, 2.75) is 0 Å². The van der Waals surface area contributed by atoms with Gasteiger partial charge in [-0.25, -0.2) is 0 Å². The Morgan fingerprint density at radius 1 is 0.632 bits per heavy atom. The first-order valence-corrected chi connectivity index (χ1v) is 5.54. The number of carbonyl (C=O) groups excluding carboxylic acids is 2. The van der Waals surface area contributed by atoms with Gasteiger partial charge in [-0.1, -0.05) is 12.2 Å². The predicted octanol–water partition coefficient (Wildman–Crippen LogP) is 2.29. The molecular formula is C16H14FeO2+2. The Morgan fingerprint density at radius 3 is 1.21 bits per heavy atom. The molecule has 2 rings (SSSR count). The van der Waals surface area contributed by atoms with Crippen LogP contribution < -0.4 is 0 Å². The minimum atomic E-state index is 0. The fraction of sp³-hybridized carbons (Fsp3) is 0. The van der Waals surface area contributed by atoms with E-state index in [-0.39, 0.29) is 17.1 Å². The zero-order valence-corrected chi connectivity index (χ0v) is 11.4. The van der Waals surface area contributed by atoms with Gasteiger partial charge in [0, 0.05) is 11.8 Å². The van der Waals surface area contributed by atoms with Gasteiger partial charge in [0.1, 0.15) is 12.6 Å². The number of hydrogen-bond donors (Lipinski definition) is 0. The first-order valence-electron chi connectivity index (χ1n) is 5.54. The van der Waals surface area contributed by atoms with Crippen molar-refractivity contribution in [1.29, 1.82) is 0 Å². The van der Waals surface area contributed by atoms with Gasteiger partial charge in [0.25, 0.3) is 0 Å². The van der Waals surface area contributed by atoms with Crippen LogP contribution in [0.2, 0.25) is 0 Å². The largest absolute Gasteiger partial charge is 2.00 e. The van der Waals surface area contributed by atoms with Crippen LogP contribution in [0, 0.1) is 63.2 Å². The topological polar surface area (TPSA) is 34.1 Å². The molecule has 96 valence electrons. The van der Waals surface area contributed by atoms with Crippen LogP contribution >= 0.6 is 0 Å². The number of allylic oxidation sites excluding steroid dienone is 4. The fourth-order valence-electron chi connectivity index (χ4n) is 1.30. The zero-order valence-electron chi connectivity index (χ0n) is 10.3. The van der Waals surface area contributed by atoms with Crippen LogP contribution in [-0.2, 0) is 26.7 Å². The summed E-state index contributed by atoms with van der Waals surface area (Å²) in [5.74, 6) is 2.14. The summed E-state index contributed by atoms with van der Waals surface area (Å²) in [5, 5.41) is 0. The first-order chi connectivity index (χ1) is 8.86. The van der Waals surface area contributed by atoms with E-state index in [1.54, 1.807) is 12.2 Å². The summed E-state index contributed by atoms with van der Waals surface area (Å²) >= 11 is 0. The minimum absolute atomic E-state index is 0. The van der Waals surface area contributed by atoms with Crippen molar-refractivity contribution >= 4 is 12.6 Å². The Morgan fingerprint density at radius 2 is 0.947 bits per heavy atom. The molecule has 2 aliphatic rings. The Hall–Kier alpha value is -0.661. The van der Waals surface area contributed by atoms with Gasteiger partial charge in [-0.15, -0.1) is 0 Å². The van der Waals surface area contributed by atoms with Gasteiger partial charge < -0.3 is 0 Å². The molecule has 0 unspecified atom stereocenters. The van der Waals surface area contributed by atoms with Crippen LogP contribution in [-0.4, -0.2) is 12.6 Å². The number of hydrogen-bond acceptors (Lipinski definition) is 2. The molecule has 3 heteroatoms. The third kappa shape index (κ3) is 8.96. The molecule has 0 aromatic carbocycles. The van der Waals surface area contributed by atoms with Crippen molar-refractivity contribution in [3.63, 3.8) is 0 Å². The summed E-state index contributed by atoms with van der Waals surface area (Å²) in [6.07, 6.45) is 23.6. The van der Waals surface area contributed by atoms with Gasteiger partial charge in [-0.2, -0.15) is 0 Å². The maximum absolute atomic E-state index is 9.81. The van der Waals surface area contributed by atoms with E-state index in [0.29, 0.717) is 0 Å². The van der Waals surface area contributed by atoms with Gasteiger partial charge in [-0.3, -0.25) is 9.59 Å². The summed E-state index contributed by atoms with van der Waals surface area (Å²) in [6.45, 7) is 0. The number of carbonyl (C=O) groups is 2. The predicted molar refractivity (Wildman–Crippen MR) is 71.3 cm³/mol. The van der Waals surface area contributed by atoms with Crippen molar-refractivity contribution in [2.75, 3.05) is 0 Å². The Bertz CT molecular complexity index is 255. The van der Waals surface area contributed by atoms with Crippen molar-refractivity contribution in [2.24, 2.45) is 0 Å². The molecule has 2 nitrogen and oxygen atoms in total. The summed E-state index contributed by atoms with van der Waals surface area (Å²) < 4.78 is 0. The average molecular weight is 294 g/mol. The molecule has 0 bridgehead atoms. The normalized spacial score (nSPS) is 20.2. The zero-order chi connectivity index (χ0) is 13.1. The summed E-state index contributed by atoms with van der Waals surface area (Å²) in [6, 6.07) is 0. The second-order valence-electron chi connectivity index (χ2n) is 3.43. The van der Waals surface area contributed by atoms with Gasteiger partial charge in [0.15, 0.2) is 0 Å². The molecule has 0 atom stereocenters. The van der Waals surface area contributed by atoms with E-state index < -0.39 is 0 Å². The molecule has 2 aliphatic carbocycles. The average Bonchev–Trinajstić information content (AvgIpc) is 3.07. The maximum atomic E-state index is 9.81. The molecule has 0 aromatic rings. The van der Waals surface area contributed by atoms with Gasteiger partial charge in [0.05, 0.1) is 0 Å².